The third-order valence-corrected chi connectivity index (χ3v) is 1.32. The average Bonchev–Trinajstić information content (AvgIpc) is 1.97. The number of hydrogen-bond acceptors (Lipinski definition) is 2. The molecule has 0 aliphatic heterocycles. The predicted molar refractivity (Wildman–Crippen MR) is 48.3 cm³/mol. The van der Waals surface area contributed by atoms with Crippen molar-refractivity contribution in [3.63, 3.8) is 0 Å². The van der Waals surface area contributed by atoms with Crippen LogP contribution in [0.15, 0.2) is 12.2 Å². The topological polar surface area (TPSA) is 12.5 Å². The van der Waals surface area contributed by atoms with E-state index in [1.807, 2.05) is 12.0 Å². The van der Waals surface area contributed by atoms with Gasteiger partial charge in [0.15, 0.2) is 0 Å². The molecule has 0 spiro atoms. The summed E-state index contributed by atoms with van der Waals surface area (Å²) in [5.41, 5.74) is 1.07. The molecule has 11 heavy (non-hydrogen) atoms. The van der Waals surface area contributed by atoms with Crippen molar-refractivity contribution in [2.24, 2.45) is 0 Å². The van der Waals surface area contributed by atoms with Crippen molar-refractivity contribution in [1.29, 1.82) is 0 Å². The fourth-order valence-corrected chi connectivity index (χ4v) is 0.765. The summed E-state index contributed by atoms with van der Waals surface area (Å²) in [5, 5.41) is 1.97. The third kappa shape index (κ3) is 6.07. The molecule has 2 heteroatoms. The summed E-state index contributed by atoms with van der Waals surface area (Å²) in [7, 11) is 0. The van der Waals surface area contributed by atoms with E-state index in [0.717, 1.165) is 25.1 Å². The minimum atomic E-state index is 0.647. The Morgan fingerprint density at radius 3 is 2.45 bits per heavy atom. The van der Waals surface area contributed by atoms with Crippen LogP contribution < -0.4 is 0 Å². The van der Waals surface area contributed by atoms with Crippen molar-refractivity contribution >= 4 is 0 Å². The quantitative estimate of drug-likeness (QED) is 0.433. The normalized spacial score (nSPS) is 10.5. The maximum atomic E-state index is 5.43. The second kappa shape index (κ2) is 6.38. The van der Waals surface area contributed by atoms with Crippen LogP contribution in [0.1, 0.15) is 27.2 Å². The molecule has 2 nitrogen and oxygen atoms in total. The molecule has 0 rings (SSSR count). The van der Waals surface area contributed by atoms with Crippen molar-refractivity contribution < 1.29 is 4.84 Å². The van der Waals surface area contributed by atoms with Gasteiger partial charge in [-0.05, 0) is 13.3 Å². The van der Waals surface area contributed by atoms with Gasteiger partial charge >= 0.3 is 0 Å². The molecule has 0 atom stereocenters. The summed E-state index contributed by atoms with van der Waals surface area (Å²) >= 11 is 0. The molecule has 0 N–H and O–H groups in total. The van der Waals surface area contributed by atoms with Gasteiger partial charge < -0.3 is 0 Å². The molecule has 0 aromatic rings. The molecule has 0 unspecified atom stereocenters. The lowest BCUT2D eigenvalue weighted by Gasteiger charge is -2.18. The van der Waals surface area contributed by atoms with Gasteiger partial charge in [-0.25, -0.2) is 0 Å². The largest absolute Gasteiger partial charge is 0.295 e. The number of nitrogens with zero attached hydrogens (tertiary/aromatic N) is 1. The number of hydrogen-bond donors (Lipinski definition) is 0. The number of hydroxylamine groups is 2. The van der Waals surface area contributed by atoms with E-state index >= 15 is 0 Å². The molecule has 0 amide bonds. The van der Waals surface area contributed by atoms with E-state index < -0.39 is 0 Å². The van der Waals surface area contributed by atoms with Crippen LogP contribution in [-0.2, 0) is 4.84 Å². The molecule has 0 aliphatic rings. The zero-order chi connectivity index (χ0) is 8.69. The van der Waals surface area contributed by atoms with E-state index in [9.17, 15) is 0 Å². The zero-order valence-electron chi connectivity index (χ0n) is 7.89. The highest BCUT2D eigenvalue weighted by molar-refractivity contribution is 4.86. The van der Waals surface area contributed by atoms with Gasteiger partial charge in [0.25, 0.3) is 0 Å². The molecule has 0 saturated carbocycles. The van der Waals surface area contributed by atoms with Crippen LogP contribution >= 0.6 is 0 Å². The maximum Gasteiger partial charge on any atom is 0.0890 e. The Balaban J connectivity index is 3.43. The first-order chi connectivity index (χ1) is 5.20. The summed E-state index contributed by atoms with van der Waals surface area (Å²) < 4.78 is 0. The van der Waals surface area contributed by atoms with Crippen LogP contribution in [0.2, 0.25) is 0 Å². The third-order valence-electron chi connectivity index (χ3n) is 1.32. The SMILES string of the molecule is C=C(C)CON(CC)CCC. The minimum Gasteiger partial charge on any atom is -0.295 e. The molecule has 0 heterocycles. The van der Waals surface area contributed by atoms with Gasteiger partial charge in [-0.3, -0.25) is 4.84 Å². The second-order valence-electron chi connectivity index (χ2n) is 2.75. The molecule has 0 aliphatic carbocycles. The van der Waals surface area contributed by atoms with Crippen LogP contribution in [0.3, 0.4) is 0 Å². The Labute approximate surface area is 69.8 Å². The van der Waals surface area contributed by atoms with E-state index in [1.54, 1.807) is 0 Å². The molecule has 0 saturated heterocycles. The van der Waals surface area contributed by atoms with Crippen LogP contribution in [0.4, 0.5) is 0 Å². The standard InChI is InChI=1S/C9H19NO/c1-5-7-10(6-2)11-8-9(3)4/h3,5-8H2,1-2,4H3. The average molecular weight is 157 g/mol. The smallest absolute Gasteiger partial charge is 0.0890 e. The summed E-state index contributed by atoms with van der Waals surface area (Å²) in [6.45, 7) is 12.6. The first kappa shape index (κ1) is 10.7. The van der Waals surface area contributed by atoms with Gasteiger partial charge in [0.1, 0.15) is 0 Å². The van der Waals surface area contributed by atoms with Gasteiger partial charge in [-0.1, -0.05) is 26.0 Å². The molecular weight excluding hydrogens is 138 g/mol. The lowest BCUT2D eigenvalue weighted by molar-refractivity contribution is -0.146. The summed E-state index contributed by atoms with van der Waals surface area (Å²) in [6.07, 6.45) is 1.13. The fraction of sp³-hybridized carbons (Fsp3) is 0.778. The Hall–Kier alpha value is -0.340. The summed E-state index contributed by atoms with van der Waals surface area (Å²) in [5.74, 6) is 0. The lowest BCUT2D eigenvalue weighted by Crippen LogP contribution is -2.25. The van der Waals surface area contributed by atoms with Gasteiger partial charge in [-0.2, -0.15) is 5.06 Å². The Morgan fingerprint density at radius 2 is 2.09 bits per heavy atom. The van der Waals surface area contributed by atoms with Crippen LogP contribution in [-0.4, -0.2) is 24.8 Å². The van der Waals surface area contributed by atoms with Crippen LogP contribution in [0.25, 0.3) is 0 Å². The number of rotatable bonds is 6. The molecule has 0 radical (unpaired) electrons. The van der Waals surface area contributed by atoms with E-state index in [2.05, 4.69) is 20.4 Å². The van der Waals surface area contributed by atoms with Crippen molar-refractivity contribution in [2.45, 2.75) is 27.2 Å². The summed E-state index contributed by atoms with van der Waals surface area (Å²) in [4.78, 5) is 5.43. The van der Waals surface area contributed by atoms with Gasteiger partial charge in [0.2, 0.25) is 0 Å². The first-order valence-electron chi connectivity index (χ1n) is 4.23. The van der Waals surface area contributed by atoms with Crippen LogP contribution in [0.5, 0.6) is 0 Å². The van der Waals surface area contributed by atoms with Crippen molar-refractivity contribution in [3.8, 4) is 0 Å². The van der Waals surface area contributed by atoms with E-state index in [1.165, 1.54) is 0 Å². The molecule has 0 bridgehead atoms. The Morgan fingerprint density at radius 1 is 1.45 bits per heavy atom. The minimum absolute atomic E-state index is 0.647. The molecular formula is C9H19NO. The molecule has 0 aromatic carbocycles. The lowest BCUT2D eigenvalue weighted by atomic mass is 10.4. The monoisotopic (exact) mass is 157 g/mol. The molecule has 0 fully saturated rings. The van der Waals surface area contributed by atoms with Crippen molar-refractivity contribution in [3.05, 3.63) is 12.2 Å². The van der Waals surface area contributed by atoms with Gasteiger partial charge in [0, 0.05) is 13.1 Å². The van der Waals surface area contributed by atoms with Crippen molar-refractivity contribution in [2.75, 3.05) is 19.7 Å². The van der Waals surface area contributed by atoms with E-state index in [-0.39, 0.29) is 0 Å². The Kier molecular flexibility index (Phi) is 6.18. The van der Waals surface area contributed by atoms with Crippen LogP contribution in [0, 0.1) is 0 Å². The first-order valence-corrected chi connectivity index (χ1v) is 4.23. The highest BCUT2D eigenvalue weighted by Gasteiger charge is 1.99. The summed E-state index contributed by atoms with van der Waals surface area (Å²) in [6, 6.07) is 0. The maximum absolute atomic E-state index is 5.43. The van der Waals surface area contributed by atoms with Gasteiger partial charge in [-0.15, -0.1) is 0 Å². The second-order valence-corrected chi connectivity index (χ2v) is 2.75. The predicted octanol–water partition coefficient (Wildman–Crippen LogP) is 2.23. The molecule has 0 aromatic heterocycles. The van der Waals surface area contributed by atoms with E-state index in [0.29, 0.717) is 6.61 Å². The van der Waals surface area contributed by atoms with Gasteiger partial charge in [0.05, 0.1) is 6.61 Å². The zero-order valence-corrected chi connectivity index (χ0v) is 7.89. The fourth-order valence-electron chi connectivity index (χ4n) is 0.765. The highest BCUT2D eigenvalue weighted by atomic mass is 16.7. The Bertz CT molecular complexity index is 112. The molecule has 66 valence electrons. The highest BCUT2D eigenvalue weighted by Crippen LogP contribution is 1.95. The van der Waals surface area contributed by atoms with E-state index in [4.69, 9.17) is 4.84 Å². The van der Waals surface area contributed by atoms with Crippen molar-refractivity contribution in [1.82, 2.24) is 5.06 Å².